The van der Waals surface area contributed by atoms with Gasteiger partial charge in [0, 0.05) is 24.7 Å². The summed E-state index contributed by atoms with van der Waals surface area (Å²) in [5.74, 6) is 0.877. The molecule has 0 radical (unpaired) electrons. The van der Waals surface area contributed by atoms with Crippen LogP contribution in [0.15, 0.2) is 20.9 Å². The molecule has 1 fully saturated rings. The molecule has 0 spiro atoms. The second-order valence-electron chi connectivity index (χ2n) is 4.85. The maximum absolute atomic E-state index is 5.76. The Morgan fingerprint density at radius 1 is 1.25 bits per heavy atom. The summed E-state index contributed by atoms with van der Waals surface area (Å²) in [5, 5.41) is 3.07. The minimum atomic E-state index is 0.236. The number of anilines is 1. The molecule has 1 saturated heterocycles. The van der Waals surface area contributed by atoms with Crippen molar-refractivity contribution >= 4 is 48.3 Å². The summed E-state index contributed by atoms with van der Waals surface area (Å²) >= 11 is 8.44. The van der Waals surface area contributed by atoms with E-state index in [4.69, 9.17) is 9.72 Å². The lowest BCUT2D eigenvalue weighted by atomic mass is 10.2. The Morgan fingerprint density at radius 2 is 1.95 bits per heavy atom. The Hall–Kier alpha value is -0.440. The van der Waals surface area contributed by atoms with E-state index in [2.05, 4.69) is 55.6 Å². The summed E-state index contributed by atoms with van der Waals surface area (Å²) < 4.78 is 9.20. The fourth-order valence-corrected chi connectivity index (χ4v) is 4.24. The van der Waals surface area contributed by atoms with Crippen LogP contribution in [0, 0.1) is 0 Å². The molecule has 3 rings (SSSR count). The molecular formula is C12H14Br2N4OS. The molecule has 2 aromatic heterocycles. The zero-order chi connectivity index (χ0) is 14.3. The minimum Gasteiger partial charge on any atom is -0.372 e. The summed E-state index contributed by atoms with van der Waals surface area (Å²) in [6.07, 6.45) is 2.37. The normalized spacial score (nSPS) is 23.3. The smallest absolute Gasteiger partial charge is 0.187 e. The average molecular weight is 422 g/mol. The van der Waals surface area contributed by atoms with Gasteiger partial charge in [-0.05, 0) is 45.7 Å². The molecule has 2 atom stereocenters. The highest BCUT2D eigenvalue weighted by molar-refractivity contribution is 9.11. The van der Waals surface area contributed by atoms with Crippen molar-refractivity contribution in [3.63, 3.8) is 0 Å². The third-order valence-electron chi connectivity index (χ3n) is 3.05. The first-order valence-corrected chi connectivity index (χ1v) is 8.76. The van der Waals surface area contributed by atoms with Crippen molar-refractivity contribution in [1.29, 1.82) is 0 Å². The van der Waals surface area contributed by atoms with Crippen LogP contribution in [-0.4, -0.2) is 39.8 Å². The van der Waals surface area contributed by atoms with Gasteiger partial charge in [-0.3, -0.25) is 4.57 Å². The second-order valence-corrected chi connectivity index (χ2v) is 7.21. The summed E-state index contributed by atoms with van der Waals surface area (Å²) in [6, 6.07) is 0. The van der Waals surface area contributed by atoms with Gasteiger partial charge in [-0.1, -0.05) is 0 Å². The molecule has 1 aliphatic heterocycles. The third-order valence-corrected chi connectivity index (χ3v) is 4.88. The minimum absolute atomic E-state index is 0.236. The predicted octanol–water partition coefficient (Wildman–Crippen LogP) is 3.47. The van der Waals surface area contributed by atoms with Gasteiger partial charge in [-0.25, -0.2) is 9.97 Å². The van der Waals surface area contributed by atoms with Crippen LogP contribution in [0.3, 0.4) is 0 Å². The zero-order valence-electron chi connectivity index (χ0n) is 11.1. The molecule has 0 aromatic carbocycles. The highest BCUT2D eigenvalue weighted by Gasteiger charge is 2.24. The Morgan fingerprint density at radius 3 is 2.55 bits per heavy atom. The second kappa shape index (κ2) is 5.75. The lowest BCUT2D eigenvalue weighted by Crippen LogP contribution is -2.45. The van der Waals surface area contributed by atoms with Crippen molar-refractivity contribution in [3.8, 4) is 5.82 Å². The van der Waals surface area contributed by atoms with Crippen molar-refractivity contribution in [2.24, 2.45) is 0 Å². The Bertz CT molecular complexity index is 604. The first-order chi connectivity index (χ1) is 9.52. The van der Waals surface area contributed by atoms with Gasteiger partial charge in [0.15, 0.2) is 15.7 Å². The number of rotatable bonds is 2. The van der Waals surface area contributed by atoms with Crippen LogP contribution < -0.4 is 4.90 Å². The summed E-state index contributed by atoms with van der Waals surface area (Å²) in [6.45, 7) is 5.96. The zero-order valence-corrected chi connectivity index (χ0v) is 15.1. The number of ether oxygens (including phenoxy) is 1. The van der Waals surface area contributed by atoms with Gasteiger partial charge in [0.05, 0.1) is 12.2 Å². The summed E-state index contributed by atoms with van der Waals surface area (Å²) in [4.78, 5) is 11.3. The first kappa shape index (κ1) is 14.5. The first-order valence-electron chi connectivity index (χ1n) is 6.29. The van der Waals surface area contributed by atoms with Gasteiger partial charge in [0.2, 0.25) is 0 Å². The number of aromatic nitrogens is 3. The van der Waals surface area contributed by atoms with Gasteiger partial charge in [0.25, 0.3) is 0 Å². The molecule has 108 valence electrons. The predicted molar refractivity (Wildman–Crippen MR) is 86.9 cm³/mol. The van der Waals surface area contributed by atoms with E-state index >= 15 is 0 Å². The largest absolute Gasteiger partial charge is 0.372 e. The van der Waals surface area contributed by atoms with Crippen LogP contribution in [0.2, 0.25) is 0 Å². The van der Waals surface area contributed by atoms with Gasteiger partial charge < -0.3 is 9.64 Å². The number of halogens is 2. The molecule has 0 aliphatic carbocycles. The number of hydrogen-bond acceptors (Lipinski definition) is 5. The van der Waals surface area contributed by atoms with Crippen LogP contribution in [0.4, 0.5) is 5.13 Å². The molecule has 8 heteroatoms. The molecule has 1 aliphatic rings. The van der Waals surface area contributed by atoms with Crippen molar-refractivity contribution in [3.05, 3.63) is 20.9 Å². The molecule has 0 amide bonds. The van der Waals surface area contributed by atoms with Crippen LogP contribution >= 0.6 is 43.2 Å². The lowest BCUT2D eigenvalue weighted by molar-refractivity contribution is -0.00522. The van der Waals surface area contributed by atoms with Gasteiger partial charge >= 0.3 is 0 Å². The molecule has 2 unspecified atom stereocenters. The highest BCUT2D eigenvalue weighted by Crippen LogP contribution is 2.28. The van der Waals surface area contributed by atoms with Gasteiger partial charge in [-0.2, -0.15) is 0 Å². The average Bonchev–Trinajstić information content (AvgIpc) is 2.94. The van der Waals surface area contributed by atoms with E-state index in [0.29, 0.717) is 0 Å². The molecule has 0 bridgehead atoms. The number of morpholine rings is 1. The fourth-order valence-electron chi connectivity index (χ4n) is 2.34. The quantitative estimate of drug-likeness (QED) is 0.744. The maximum atomic E-state index is 5.76. The molecule has 20 heavy (non-hydrogen) atoms. The molecule has 3 heterocycles. The van der Waals surface area contributed by atoms with Crippen molar-refractivity contribution in [1.82, 2.24) is 14.5 Å². The topological polar surface area (TPSA) is 43.2 Å². The van der Waals surface area contributed by atoms with E-state index < -0.39 is 0 Å². The van der Waals surface area contributed by atoms with E-state index in [1.807, 2.05) is 16.1 Å². The number of nitrogens with zero attached hydrogens (tertiary/aromatic N) is 4. The molecule has 2 aromatic rings. The SMILES string of the molecule is CC1CN(c2nc(-n3cc(Br)nc3Br)cs2)CC(C)O1. The Kier molecular flexibility index (Phi) is 4.16. The van der Waals surface area contributed by atoms with E-state index in [0.717, 1.165) is 33.4 Å². The lowest BCUT2D eigenvalue weighted by Gasteiger charge is -2.35. The Labute approximate surface area is 138 Å². The van der Waals surface area contributed by atoms with Crippen LogP contribution in [0.1, 0.15) is 13.8 Å². The molecule has 5 nitrogen and oxygen atoms in total. The number of thiazole rings is 1. The summed E-state index contributed by atoms with van der Waals surface area (Å²) in [7, 11) is 0. The van der Waals surface area contributed by atoms with Crippen molar-refractivity contribution in [2.75, 3.05) is 18.0 Å². The van der Waals surface area contributed by atoms with E-state index in [-0.39, 0.29) is 12.2 Å². The third kappa shape index (κ3) is 2.93. The highest BCUT2D eigenvalue weighted by atomic mass is 79.9. The van der Waals surface area contributed by atoms with E-state index in [1.54, 1.807) is 11.3 Å². The summed E-state index contributed by atoms with van der Waals surface area (Å²) in [5.41, 5.74) is 0. The standard InChI is InChI=1S/C12H14Br2N4OS/c1-7-3-17(4-8(2)19-7)12-16-10(6-20-12)18-5-9(13)15-11(18)14/h5-8H,3-4H2,1-2H3. The van der Waals surface area contributed by atoms with Gasteiger partial charge in [-0.15, -0.1) is 11.3 Å². The van der Waals surface area contributed by atoms with Crippen LogP contribution in [0.25, 0.3) is 5.82 Å². The Balaban J connectivity index is 1.85. The fraction of sp³-hybridized carbons (Fsp3) is 0.500. The van der Waals surface area contributed by atoms with Crippen molar-refractivity contribution in [2.45, 2.75) is 26.1 Å². The van der Waals surface area contributed by atoms with Crippen LogP contribution in [0.5, 0.6) is 0 Å². The number of imidazole rings is 1. The van der Waals surface area contributed by atoms with E-state index in [1.165, 1.54) is 0 Å². The molecule has 0 N–H and O–H groups in total. The van der Waals surface area contributed by atoms with Crippen molar-refractivity contribution < 1.29 is 4.74 Å². The number of hydrogen-bond donors (Lipinski definition) is 0. The van der Waals surface area contributed by atoms with Crippen LogP contribution in [-0.2, 0) is 4.74 Å². The molecular weight excluding hydrogens is 408 g/mol. The molecule has 0 saturated carbocycles. The van der Waals surface area contributed by atoms with Gasteiger partial charge in [0.1, 0.15) is 4.60 Å². The monoisotopic (exact) mass is 420 g/mol. The maximum Gasteiger partial charge on any atom is 0.187 e. The van der Waals surface area contributed by atoms with E-state index in [9.17, 15) is 0 Å².